The van der Waals surface area contributed by atoms with Gasteiger partial charge < -0.3 is 14.2 Å². The molecule has 3 heterocycles. The zero-order valence-electron chi connectivity index (χ0n) is 11.6. The van der Waals surface area contributed by atoms with E-state index >= 15 is 0 Å². The summed E-state index contributed by atoms with van der Waals surface area (Å²) in [6, 6.07) is 7.67. The maximum atomic E-state index is 9.47. The fourth-order valence-electron chi connectivity index (χ4n) is 2.32. The van der Waals surface area contributed by atoms with E-state index in [2.05, 4.69) is 16.2 Å². The van der Waals surface area contributed by atoms with Gasteiger partial charge in [0.1, 0.15) is 16.8 Å². The Balaban J connectivity index is 1.84. The van der Waals surface area contributed by atoms with E-state index in [-0.39, 0.29) is 6.79 Å². The monoisotopic (exact) mass is 314 g/mol. The van der Waals surface area contributed by atoms with Crippen molar-refractivity contribution in [1.29, 1.82) is 5.26 Å². The predicted molar refractivity (Wildman–Crippen MR) is 77.9 cm³/mol. The molecule has 0 spiro atoms. The molecule has 110 valence electrons. The van der Waals surface area contributed by atoms with Crippen molar-refractivity contribution in [2.24, 2.45) is 0 Å². The van der Waals surface area contributed by atoms with Crippen molar-refractivity contribution in [3.8, 4) is 28.8 Å². The van der Waals surface area contributed by atoms with Crippen molar-refractivity contribution in [1.82, 2.24) is 14.6 Å². The molecule has 3 aromatic rings. The SMILES string of the molecule is COCc1nn2c(C#N)c(-c3ccc4c(c3)OCO4)nc2s1. The van der Waals surface area contributed by atoms with Gasteiger partial charge in [-0.3, -0.25) is 0 Å². The topological polar surface area (TPSA) is 81.7 Å². The van der Waals surface area contributed by atoms with E-state index in [1.54, 1.807) is 11.6 Å². The molecular formula is C14H10N4O3S. The highest BCUT2D eigenvalue weighted by Crippen LogP contribution is 2.37. The second kappa shape index (κ2) is 4.98. The van der Waals surface area contributed by atoms with Gasteiger partial charge in [0.15, 0.2) is 17.2 Å². The lowest BCUT2D eigenvalue weighted by molar-refractivity contribution is 0.174. The standard InChI is InChI=1S/C14H10N4O3S/c1-19-6-12-17-18-9(5-15)13(16-14(18)22-12)8-2-3-10-11(4-8)21-7-20-10/h2-4H,6-7H2,1H3. The number of rotatable bonds is 3. The van der Waals surface area contributed by atoms with Gasteiger partial charge in [0.05, 0.1) is 6.61 Å². The maximum absolute atomic E-state index is 9.47. The molecule has 0 aliphatic carbocycles. The number of aromatic nitrogens is 3. The van der Waals surface area contributed by atoms with Crippen LogP contribution in [0, 0.1) is 11.3 Å². The summed E-state index contributed by atoms with van der Waals surface area (Å²) >= 11 is 1.40. The first-order valence-electron chi connectivity index (χ1n) is 6.47. The van der Waals surface area contributed by atoms with E-state index in [9.17, 15) is 5.26 Å². The van der Waals surface area contributed by atoms with Crippen LogP contribution in [0.5, 0.6) is 11.5 Å². The minimum atomic E-state index is 0.212. The molecule has 0 saturated carbocycles. The smallest absolute Gasteiger partial charge is 0.231 e. The normalized spacial score (nSPS) is 12.7. The number of methoxy groups -OCH3 is 1. The molecule has 0 amide bonds. The van der Waals surface area contributed by atoms with Crippen LogP contribution in [0.3, 0.4) is 0 Å². The molecule has 0 N–H and O–H groups in total. The molecule has 0 fully saturated rings. The summed E-state index contributed by atoms with van der Waals surface area (Å²) in [7, 11) is 1.60. The Bertz CT molecular complexity index is 909. The summed E-state index contributed by atoms with van der Waals surface area (Å²) in [6.45, 7) is 0.613. The Morgan fingerprint density at radius 1 is 1.41 bits per heavy atom. The first kappa shape index (κ1) is 13.1. The van der Waals surface area contributed by atoms with Crippen molar-refractivity contribution in [3.63, 3.8) is 0 Å². The second-order valence-electron chi connectivity index (χ2n) is 4.61. The molecule has 0 atom stereocenters. The lowest BCUT2D eigenvalue weighted by atomic mass is 10.1. The van der Waals surface area contributed by atoms with E-state index in [4.69, 9.17) is 14.2 Å². The van der Waals surface area contributed by atoms with Crippen LogP contribution < -0.4 is 9.47 Å². The summed E-state index contributed by atoms with van der Waals surface area (Å²) in [5.41, 5.74) is 1.78. The molecule has 4 rings (SSSR count). The van der Waals surface area contributed by atoms with Gasteiger partial charge in [-0.05, 0) is 18.2 Å². The molecule has 0 saturated heterocycles. The predicted octanol–water partition coefficient (Wildman–Crippen LogP) is 2.20. The first-order valence-corrected chi connectivity index (χ1v) is 7.29. The fraction of sp³-hybridized carbons (Fsp3) is 0.214. The molecule has 7 nitrogen and oxygen atoms in total. The number of nitriles is 1. The molecule has 0 radical (unpaired) electrons. The quantitative estimate of drug-likeness (QED) is 0.737. The van der Waals surface area contributed by atoms with Gasteiger partial charge in [0, 0.05) is 12.7 Å². The number of ether oxygens (including phenoxy) is 3. The minimum Gasteiger partial charge on any atom is -0.454 e. The molecule has 1 aliphatic heterocycles. The van der Waals surface area contributed by atoms with Crippen LogP contribution in [-0.2, 0) is 11.3 Å². The van der Waals surface area contributed by atoms with E-state index in [0.717, 1.165) is 10.6 Å². The van der Waals surface area contributed by atoms with Crippen molar-refractivity contribution < 1.29 is 14.2 Å². The molecule has 1 aliphatic rings. The average Bonchev–Trinajstić information content (AvgIpc) is 3.19. The van der Waals surface area contributed by atoms with Gasteiger partial charge in [-0.15, -0.1) is 0 Å². The number of hydrogen-bond donors (Lipinski definition) is 0. The molecule has 8 heteroatoms. The number of fused-ring (bicyclic) bond motifs is 2. The number of hydrogen-bond acceptors (Lipinski definition) is 7. The molecule has 1 aromatic carbocycles. The van der Waals surface area contributed by atoms with Gasteiger partial charge in [-0.25, -0.2) is 4.98 Å². The Labute approximate surface area is 129 Å². The molecule has 22 heavy (non-hydrogen) atoms. The van der Waals surface area contributed by atoms with Crippen LogP contribution in [0.2, 0.25) is 0 Å². The third kappa shape index (κ3) is 1.91. The number of imidazole rings is 1. The molecule has 0 unspecified atom stereocenters. The van der Waals surface area contributed by atoms with Crippen molar-refractivity contribution in [2.45, 2.75) is 6.61 Å². The van der Waals surface area contributed by atoms with E-state index in [1.807, 2.05) is 18.2 Å². The van der Waals surface area contributed by atoms with Crippen LogP contribution in [0.15, 0.2) is 18.2 Å². The van der Waals surface area contributed by atoms with Crippen LogP contribution in [0.4, 0.5) is 0 Å². The van der Waals surface area contributed by atoms with Gasteiger partial charge >= 0.3 is 0 Å². The number of benzene rings is 1. The zero-order chi connectivity index (χ0) is 15.1. The van der Waals surface area contributed by atoms with Crippen LogP contribution >= 0.6 is 11.3 Å². The molecule has 0 bridgehead atoms. The third-order valence-electron chi connectivity index (χ3n) is 3.27. The highest BCUT2D eigenvalue weighted by molar-refractivity contribution is 7.16. The highest BCUT2D eigenvalue weighted by Gasteiger charge is 2.20. The van der Waals surface area contributed by atoms with Gasteiger partial charge in [0.2, 0.25) is 11.8 Å². The van der Waals surface area contributed by atoms with Crippen LogP contribution in [-0.4, -0.2) is 28.5 Å². The number of nitrogens with zero attached hydrogens (tertiary/aromatic N) is 4. The summed E-state index contributed by atoms with van der Waals surface area (Å²) in [4.78, 5) is 5.19. The van der Waals surface area contributed by atoms with Crippen molar-refractivity contribution >= 4 is 16.3 Å². The average molecular weight is 314 g/mol. The summed E-state index contributed by atoms with van der Waals surface area (Å²) in [5.74, 6) is 1.36. The van der Waals surface area contributed by atoms with Gasteiger partial charge in [-0.2, -0.15) is 14.9 Å². The maximum Gasteiger partial charge on any atom is 0.231 e. The minimum absolute atomic E-state index is 0.212. The Morgan fingerprint density at radius 2 is 2.27 bits per heavy atom. The van der Waals surface area contributed by atoms with E-state index < -0.39 is 0 Å². The summed E-state index contributed by atoms with van der Waals surface area (Å²) in [5, 5.41) is 14.6. The molecule has 2 aromatic heterocycles. The zero-order valence-corrected chi connectivity index (χ0v) is 12.4. The Kier molecular flexibility index (Phi) is 2.96. The third-order valence-corrected chi connectivity index (χ3v) is 4.15. The van der Waals surface area contributed by atoms with Gasteiger partial charge in [-0.1, -0.05) is 11.3 Å². The van der Waals surface area contributed by atoms with Crippen molar-refractivity contribution in [3.05, 3.63) is 28.9 Å². The lowest BCUT2D eigenvalue weighted by Crippen LogP contribution is -1.93. The molecular weight excluding hydrogens is 304 g/mol. The summed E-state index contributed by atoms with van der Waals surface area (Å²) in [6.07, 6.45) is 0. The highest BCUT2D eigenvalue weighted by atomic mass is 32.1. The van der Waals surface area contributed by atoms with Crippen LogP contribution in [0.25, 0.3) is 16.2 Å². The largest absolute Gasteiger partial charge is 0.454 e. The lowest BCUT2D eigenvalue weighted by Gasteiger charge is -2.00. The fourth-order valence-corrected chi connectivity index (χ4v) is 3.18. The van der Waals surface area contributed by atoms with E-state index in [1.165, 1.54) is 11.3 Å². The Morgan fingerprint density at radius 3 is 3.09 bits per heavy atom. The van der Waals surface area contributed by atoms with Crippen LogP contribution in [0.1, 0.15) is 10.7 Å². The van der Waals surface area contributed by atoms with Crippen molar-refractivity contribution in [2.75, 3.05) is 13.9 Å². The Hall–Kier alpha value is -2.63. The van der Waals surface area contributed by atoms with E-state index in [0.29, 0.717) is 34.5 Å². The second-order valence-corrected chi connectivity index (χ2v) is 5.65. The first-order chi connectivity index (χ1) is 10.8. The summed E-state index contributed by atoms with van der Waals surface area (Å²) < 4.78 is 17.3. The van der Waals surface area contributed by atoms with Gasteiger partial charge in [0.25, 0.3) is 0 Å².